The molecule has 0 fully saturated rings. The lowest BCUT2D eigenvalue weighted by Crippen LogP contribution is -2.25. The lowest BCUT2D eigenvalue weighted by Gasteiger charge is -2.14. The summed E-state index contributed by atoms with van der Waals surface area (Å²) in [6.45, 7) is 3.57. The van der Waals surface area contributed by atoms with Gasteiger partial charge in [-0.05, 0) is 19.9 Å². The SMILES string of the molecule is CC(C)OCC(O)COc1ccc([N+](=O)[O-])cc1F. The number of nitrogens with zero attached hydrogens (tertiary/aromatic N) is 1. The maximum absolute atomic E-state index is 13.4. The van der Waals surface area contributed by atoms with Gasteiger partial charge in [-0.15, -0.1) is 0 Å². The van der Waals surface area contributed by atoms with Crippen LogP contribution in [-0.2, 0) is 4.74 Å². The molecule has 1 aromatic carbocycles. The third-order valence-corrected chi connectivity index (χ3v) is 2.18. The van der Waals surface area contributed by atoms with Gasteiger partial charge < -0.3 is 14.6 Å². The van der Waals surface area contributed by atoms with E-state index in [2.05, 4.69) is 0 Å². The lowest BCUT2D eigenvalue weighted by molar-refractivity contribution is -0.385. The van der Waals surface area contributed by atoms with E-state index in [1.165, 1.54) is 0 Å². The number of nitro benzene ring substituents is 1. The molecule has 1 atom stereocenters. The van der Waals surface area contributed by atoms with E-state index in [-0.39, 0.29) is 30.8 Å². The number of aliphatic hydroxyl groups is 1. The summed E-state index contributed by atoms with van der Waals surface area (Å²) in [6, 6.07) is 3.06. The van der Waals surface area contributed by atoms with Crippen LogP contribution in [0.2, 0.25) is 0 Å². The van der Waals surface area contributed by atoms with Crippen molar-refractivity contribution < 1.29 is 23.9 Å². The normalized spacial score (nSPS) is 12.5. The van der Waals surface area contributed by atoms with E-state index in [1.807, 2.05) is 13.8 Å². The third kappa shape index (κ3) is 5.19. The number of hydrogen-bond donors (Lipinski definition) is 1. The molecule has 0 bridgehead atoms. The van der Waals surface area contributed by atoms with E-state index in [4.69, 9.17) is 9.47 Å². The molecule has 19 heavy (non-hydrogen) atoms. The highest BCUT2D eigenvalue weighted by molar-refractivity contribution is 5.37. The first-order valence-electron chi connectivity index (χ1n) is 5.76. The van der Waals surface area contributed by atoms with Gasteiger partial charge in [0, 0.05) is 6.07 Å². The van der Waals surface area contributed by atoms with Crippen LogP contribution in [0, 0.1) is 15.9 Å². The molecular formula is C12H16FNO5. The Morgan fingerprint density at radius 1 is 1.42 bits per heavy atom. The van der Waals surface area contributed by atoms with Crippen LogP contribution in [0.3, 0.4) is 0 Å². The van der Waals surface area contributed by atoms with Crippen LogP contribution >= 0.6 is 0 Å². The minimum Gasteiger partial charge on any atom is -0.488 e. The maximum Gasteiger partial charge on any atom is 0.272 e. The van der Waals surface area contributed by atoms with Crippen LogP contribution in [0.5, 0.6) is 5.75 Å². The molecule has 106 valence electrons. The Morgan fingerprint density at radius 3 is 2.63 bits per heavy atom. The molecule has 7 heteroatoms. The van der Waals surface area contributed by atoms with Gasteiger partial charge in [0.15, 0.2) is 11.6 Å². The molecule has 0 radical (unpaired) electrons. The van der Waals surface area contributed by atoms with E-state index in [0.717, 1.165) is 18.2 Å². The fourth-order valence-corrected chi connectivity index (χ4v) is 1.26. The number of non-ortho nitro benzene ring substituents is 1. The van der Waals surface area contributed by atoms with Crippen molar-refractivity contribution in [2.24, 2.45) is 0 Å². The van der Waals surface area contributed by atoms with Gasteiger partial charge in [0.2, 0.25) is 0 Å². The molecule has 1 aromatic rings. The number of nitro groups is 1. The molecule has 0 aliphatic rings. The smallest absolute Gasteiger partial charge is 0.272 e. The van der Waals surface area contributed by atoms with E-state index in [1.54, 1.807) is 0 Å². The zero-order valence-electron chi connectivity index (χ0n) is 10.7. The monoisotopic (exact) mass is 273 g/mol. The number of aliphatic hydroxyl groups excluding tert-OH is 1. The molecule has 0 aromatic heterocycles. The number of halogens is 1. The summed E-state index contributed by atoms with van der Waals surface area (Å²) in [4.78, 5) is 9.72. The first-order valence-corrected chi connectivity index (χ1v) is 5.76. The molecule has 0 saturated carbocycles. The summed E-state index contributed by atoms with van der Waals surface area (Å²) in [5.41, 5.74) is -0.353. The Balaban J connectivity index is 2.51. The number of ether oxygens (including phenoxy) is 2. The van der Waals surface area contributed by atoms with Gasteiger partial charge >= 0.3 is 0 Å². The summed E-state index contributed by atoms with van der Waals surface area (Å²) in [5.74, 6) is -0.986. The fourth-order valence-electron chi connectivity index (χ4n) is 1.26. The summed E-state index contributed by atoms with van der Waals surface area (Å²) >= 11 is 0. The number of benzene rings is 1. The second-order valence-corrected chi connectivity index (χ2v) is 4.22. The van der Waals surface area contributed by atoms with Crippen LogP contribution in [0.15, 0.2) is 18.2 Å². The Morgan fingerprint density at radius 2 is 2.11 bits per heavy atom. The van der Waals surface area contributed by atoms with Gasteiger partial charge in [-0.3, -0.25) is 10.1 Å². The van der Waals surface area contributed by atoms with Gasteiger partial charge in [-0.1, -0.05) is 0 Å². The highest BCUT2D eigenvalue weighted by Crippen LogP contribution is 2.22. The average Bonchev–Trinajstić information content (AvgIpc) is 2.34. The summed E-state index contributed by atoms with van der Waals surface area (Å²) in [6.07, 6.45) is -0.914. The predicted molar refractivity (Wildman–Crippen MR) is 65.6 cm³/mol. The van der Waals surface area contributed by atoms with Crippen molar-refractivity contribution in [3.8, 4) is 5.75 Å². The molecule has 0 spiro atoms. The van der Waals surface area contributed by atoms with Crippen LogP contribution in [0.4, 0.5) is 10.1 Å². The van der Waals surface area contributed by atoms with E-state index in [0.29, 0.717) is 0 Å². The largest absolute Gasteiger partial charge is 0.488 e. The molecule has 6 nitrogen and oxygen atoms in total. The zero-order chi connectivity index (χ0) is 14.4. The van der Waals surface area contributed by atoms with Gasteiger partial charge in [0.1, 0.15) is 12.7 Å². The predicted octanol–water partition coefficient (Wildman–Crippen LogP) is 1.90. The average molecular weight is 273 g/mol. The van der Waals surface area contributed by atoms with Crippen molar-refractivity contribution >= 4 is 5.69 Å². The number of hydrogen-bond acceptors (Lipinski definition) is 5. The van der Waals surface area contributed by atoms with E-state index < -0.39 is 16.8 Å². The van der Waals surface area contributed by atoms with Crippen LogP contribution in [0.1, 0.15) is 13.8 Å². The first-order chi connectivity index (χ1) is 8.90. The van der Waals surface area contributed by atoms with Gasteiger partial charge in [0.05, 0.1) is 23.7 Å². The van der Waals surface area contributed by atoms with Crippen molar-refractivity contribution in [1.29, 1.82) is 0 Å². The highest BCUT2D eigenvalue weighted by Gasteiger charge is 2.13. The van der Waals surface area contributed by atoms with Crippen molar-refractivity contribution in [3.63, 3.8) is 0 Å². The Hall–Kier alpha value is -1.73. The molecule has 0 aliphatic carbocycles. The minimum atomic E-state index is -0.892. The van der Waals surface area contributed by atoms with Crippen LogP contribution in [-0.4, -0.2) is 35.5 Å². The maximum atomic E-state index is 13.4. The van der Waals surface area contributed by atoms with Crippen LogP contribution < -0.4 is 4.74 Å². The van der Waals surface area contributed by atoms with Gasteiger partial charge in [-0.25, -0.2) is 4.39 Å². The van der Waals surface area contributed by atoms with Gasteiger partial charge in [-0.2, -0.15) is 0 Å². The van der Waals surface area contributed by atoms with Crippen LogP contribution in [0.25, 0.3) is 0 Å². The molecule has 0 aliphatic heterocycles. The highest BCUT2D eigenvalue weighted by atomic mass is 19.1. The Labute approximate surface area is 109 Å². The number of rotatable bonds is 7. The molecule has 0 saturated heterocycles. The van der Waals surface area contributed by atoms with Crippen molar-refractivity contribution in [2.75, 3.05) is 13.2 Å². The summed E-state index contributed by atoms with van der Waals surface area (Å²) in [7, 11) is 0. The molecule has 1 rings (SSSR count). The molecule has 0 amide bonds. The Kier molecular flexibility index (Phi) is 5.65. The Bertz CT molecular complexity index is 438. The van der Waals surface area contributed by atoms with Gasteiger partial charge in [0.25, 0.3) is 5.69 Å². The summed E-state index contributed by atoms with van der Waals surface area (Å²) in [5, 5.41) is 19.9. The van der Waals surface area contributed by atoms with Crippen molar-refractivity contribution in [1.82, 2.24) is 0 Å². The molecule has 1 N–H and O–H groups in total. The minimum absolute atomic E-state index is 0.0224. The van der Waals surface area contributed by atoms with Crippen molar-refractivity contribution in [2.45, 2.75) is 26.1 Å². The lowest BCUT2D eigenvalue weighted by atomic mass is 10.3. The zero-order valence-corrected chi connectivity index (χ0v) is 10.7. The quantitative estimate of drug-likeness (QED) is 0.606. The first kappa shape index (κ1) is 15.3. The standard InChI is InChI=1S/C12H16FNO5/c1-8(2)18-6-10(15)7-19-12-4-3-9(14(16)17)5-11(12)13/h3-5,8,10,15H,6-7H2,1-2H3. The third-order valence-electron chi connectivity index (χ3n) is 2.18. The second-order valence-electron chi connectivity index (χ2n) is 4.22. The van der Waals surface area contributed by atoms with E-state index in [9.17, 15) is 19.6 Å². The topological polar surface area (TPSA) is 81.8 Å². The van der Waals surface area contributed by atoms with E-state index >= 15 is 0 Å². The molecule has 1 unspecified atom stereocenters. The van der Waals surface area contributed by atoms with Crippen molar-refractivity contribution in [3.05, 3.63) is 34.1 Å². The molecule has 0 heterocycles. The second kappa shape index (κ2) is 7.01. The fraction of sp³-hybridized carbons (Fsp3) is 0.500. The molecular weight excluding hydrogens is 257 g/mol. The summed E-state index contributed by atoms with van der Waals surface area (Å²) < 4.78 is 23.6.